The van der Waals surface area contributed by atoms with Gasteiger partial charge in [0, 0.05) is 6.42 Å². The van der Waals surface area contributed by atoms with Crippen molar-refractivity contribution in [3.63, 3.8) is 0 Å². The zero-order valence-corrected chi connectivity index (χ0v) is 10.2. The lowest BCUT2D eigenvalue weighted by atomic mass is 10.3. The average Bonchev–Trinajstić information content (AvgIpc) is 2.37. The number of aromatic nitrogens is 1. The number of nitrogens with two attached hydrogens (primary N) is 1. The minimum absolute atomic E-state index is 0.0778. The van der Waals surface area contributed by atoms with E-state index >= 15 is 0 Å². The molecule has 0 aromatic carbocycles. The molecule has 0 aliphatic heterocycles. The quantitative estimate of drug-likeness (QED) is 0.629. The van der Waals surface area contributed by atoms with Crippen LogP contribution in [0.25, 0.3) is 0 Å². The number of nitrogen functional groups attached to an aromatic ring is 1. The largest absolute Gasteiger partial charge is 0.397 e. The Kier molecular flexibility index (Phi) is 5.39. The Morgan fingerprint density at radius 3 is 2.89 bits per heavy atom. The van der Waals surface area contributed by atoms with E-state index in [1.807, 2.05) is 6.92 Å². The summed E-state index contributed by atoms with van der Waals surface area (Å²) in [6, 6.07) is 3.37. The first-order valence-electron chi connectivity index (χ1n) is 5.62. The van der Waals surface area contributed by atoms with Crippen molar-refractivity contribution in [1.82, 2.24) is 9.88 Å². The standard InChI is InChI=1S/C13H15N3O2/c1-2-4-13(18)16(10-17)8-3-5-12-7-6-11(14)9-15-12/h6-7,9-10H,2,4,8,14H2,1H3. The minimum Gasteiger partial charge on any atom is -0.397 e. The summed E-state index contributed by atoms with van der Waals surface area (Å²) in [5.41, 5.74) is 6.61. The lowest BCUT2D eigenvalue weighted by Crippen LogP contribution is -2.29. The molecular weight excluding hydrogens is 230 g/mol. The molecule has 1 aromatic rings. The summed E-state index contributed by atoms with van der Waals surface area (Å²) in [7, 11) is 0. The second-order valence-corrected chi connectivity index (χ2v) is 3.66. The molecule has 1 heterocycles. The van der Waals surface area contributed by atoms with Crippen molar-refractivity contribution in [2.45, 2.75) is 19.8 Å². The average molecular weight is 245 g/mol. The molecule has 0 saturated carbocycles. The number of imide groups is 1. The Morgan fingerprint density at radius 2 is 2.33 bits per heavy atom. The molecule has 5 nitrogen and oxygen atoms in total. The third-order valence-corrected chi connectivity index (χ3v) is 2.16. The number of hydrogen-bond acceptors (Lipinski definition) is 4. The van der Waals surface area contributed by atoms with Crippen molar-refractivity contribution in [3.05, 3.63) is 24.0 Å². The highest BCUT2D eigenvalue weighted by atomic mass is 16.2. The molecule has 0 unspecified atom stereocenters. The Bertz CT molecular complexity index is 471. The molecule has 0 saturated heterocycles. The van der Waals surface area contributed by atoms with Gasteiger partial charge in [0.1, 0.15) is 5.69 Å². The molecule has 5 heteroatoms. The van der Waals surface area contributed by atoms with Gasteiger partial charge in [-0.1, -0.05) is 12.8 Å². The fourth-order valence-electron chi connectivity index (χ4n) is 1.24. The zero-order valence-electron chi connectivity index (χ0n) is 10.2. The van der Waals surface area contributed by atoms with Gasteiger partial charge in [0.25, 0.3) is 0 Å². The first kappa shape index (κ1) is 13.7. The van der Waals surface area contributed by atoms with Gasteiger partial charge < -0.3 is 5.73 Å². The molecule has 0 atom stereocenters. The van der Waals surface area contributed by atoms with E-state index in [0.29, 0.717) is 30.6 Å². The monoisotopic (exact) mass is 245 g/mol. The molecule has 0 radical (unpaired) electrons. The summed E-state index contributed by atoms with van der Waals surface area (Å²) < 4.78 is 0. The van der Waals surface area contributed by atoms with E-state index in [0.717, 1.165) is 4.90 Å². The predicted molar refractivity (Wildman–Crippen MR) is 68.2 cm³/mol. The van der Waals surface area contributed by atoms with Crippen LogP contribution in [0.5, 0.6) is 0 Å². The maximum atomic E-state index is 11.5. The fourth-order valence-corrected chi connectivity index (χ4v) is 1.24. The maximum absolute atomic E-state index is 11.5. The number of amides is 2. The van der Waals surface area contributed by atoms with E-state index < -0.39 is 0 Å². The highest BCUT2D eigenvalue weighted by Crippen LogP contribution is 1.99. The number of nitrogens with zero attached hydrogens (tertiary/aromatic N) is 2. The predicted octanol–water partition coefficient (Wildman–Crippen LogP) is 0.800. The van der Waals surface area contributed by atoms with Crippen LogP contribution < -0.4 is 5.73 Å². The normalized spacial score (nSPS) is 9.17. The van der Waals surface area contributed by atoms with E-state index in [9.17, 15) is 9.59 Å². The molecule has 0 aliphatic carbocycles. The summed E-state index contributed by atoms with van der Waals surface area (Å²) in [4.78, 5) is 27.2. The molecule has 18 heavy (non-hydrogen) atoms. The van der Waals surface area contributed by atoms with Gasteiger partial charge in [-0.2, -0.15) is 0 Å². The summed E-state index contributed by atoms with van der Waals surface area (Å²) in [6.07, 6.45) is 3.06. The van der Waals surface area contributed by atoms with Crippen LogP contribution >= 0.6 is 0 Å². The SMILES string of the molecule is CCCC(=O)N(C=O)CC#Cc1ccc(N)cn1. The van der Waals surface area contributed by atoms with Gasteiger partial charge >= 0.3 is 0 Å². The third-order valence-electron chi connectivity index (χ3n) is 2.16. The van der Waals surface area contributed by atoms with Crippen molar-refractivity contribution in [3.8, 4) is 11.8 Å². The fraction of sp³-hybridized carbons (Fsp3) is 0.308. The van der Waals surface area contributed by atoms with Crippen LogP contribution in [-0.2, 0) is 9.59 Å². The van der Waals surface area contributed by atoms with E-state index in [2.05, 4.69) is 16.8 Å². The van der Waals surface area contributed by atoms with Gasteiger partial charge in [0.15, 0.2) is 0 Å². The number of hydrogen-bond donors (Lipinski definition) is 1. The Hall–Kier alpha value is -2.35. The lowest BCUT2D eigenvalue weighted by molar-refractivity contribution is -0.137. The second kappa shape index (κ2) is 7.07. The van der Waals surface area contributed by atoms with Crippen molar-refractivity contribution in [2.75, 3.05) is 12.3 Å². The Labute approximate surface area is 106 Å². The van der Waals surface area contributed by atoms with Gasteiger partial charge in [-0.25, -0.2) is 4.98 Å². The van der Waals surface area contributed by atoms with Crippen LogP contribution in [0.15, 0.2) is 18.3 Å². The molecule has 94 valence electrons. The molecular formula is C13H15N3O2. The topological polar surface area (TPSA) is 76.3 Å². The molecule has 1 rings (SSSR count). The number of anilines is 1. The lowest BCUT2D eigenvalue weighted by Gasteiger charge is -2.10. The van der Waals surface area contributed by atoms with Crippen LogP contribution in [0, 0.1) is 11.8 Å². The molecule has 1 aromatic heterocycles. The smallest absolute Gasteiger partial charge is 0.229 e. The van der Waals surface area contributed by atoms with Gasteiger partial charge in [-0.15, -0.1) is 0 Å². The first-order chi connectivity index (χ1) is 8.67. The van der Waals surface area contributed by atoms with Crippen molar-refractivity contribution < 1.29 is 9.59 Å². The molecule has 0 bridgehead atoms. The van der Waals surface area contributed by atoms with Crippen LogP contribution in [0.2, 0.25) is 0 Å². The highest BCUT2D eigenvalue weighted by Gasteiger charge is 2.08. The number of pyridine rings is 1. The van der Waals surface area contributed by atoms with E-state index in [1.165, 1.54) is 6.20 Å². The van der Waals surface area contributed by atoms with Crippen LogP contribution in [0.1, 0.15) is 25.5 Å². The molecule has 2 amide bonds. The molecule has 2 N–H and O–H groups in total. The van der Waals surface area contributed by atoms with Crippen LogP contribution in [0.4, 0.5) is 5.69 Å². The Balaban J connectivity index is 2.60. The van der Waals surface area contributed by atoms with Gasteiger partial charge in [0.2, 0.25) is 12.3 Å². The number of rotatable bonds is 4. The van der Waals surface area contributed by atoms with E-state index in [1.54, 1.807) is 12.1 Å². The van der Waals surface area contributed by atoms with Gasteiger partial charge in [-0.05, 0) is 24.5 Å². The number of carbonyl (C=O) groups is 2. The molecule has 0 aliphatic rings. The highest BCUT2D eigenvalue weighted by molar-refractivity contribution is 5.86. The second-order valence-electron chi connectivity index (χ2n) is 3.66. The van der Waals surface area contributed by atoms with Crippen LogP contribution in [-0.4, -0.2) is 28.7 Å². The maximum Gasteiger partial charge on any atom is 0.229 e. The zero-order chi connectivity index (χ0) is 13.4. The van der Waals surface area contributed by atoms with E-state index in [4.69, 9.17) is 5.73 Å². The summed E-state index contributed by atoms with van der Waals surface area (Å²) in [6.45, 7) is 1.96. The molecule has 0 fully saturated rings. The number of carbonyl (C=O) groups excluding carboxylic acids is 2. The summed E-state index contributed by atoms with van der Waals surface area (Å²) in [5, 5.41) is 0. The first-order valence-corrected chi connectivity index (χ1v) is 5.62. The third kappa shape index (κ3) is 4.26. The van der Waals surface area contributed by atoms with Crippen LogP contribution in [0.3, 0.4) is 0 Å². The summed E-state index contributed by atoms with van der Waals surface area (Å²) >= 11 is 0. The van der Waals surface area contributed by atoms with Gasteiger partial charge in [0.05, 0.1) is 18.4 Å². The van der Waals surface area contributed by atoms with Crippen molar-refractivity contribution in [2.24, 2.45) is 0 Å². The van der Waals surface area contributed by atoms with Crippen molar-refractivity contribution in [1.29, 1.82) is 0 Å². The summed E-state index contributed by atoms with van der Waals surface area (Å²) in [5.74, 6) is 5.28. The Morgan fingerprint density at radius 1 is 1.56 bits per heavy atom. The van der Waals surface area contributed by atoms with Gasteiger partial charge in [-0.3, -0.25) is 14.5 Å². The molecule has 0 spiro atoms. The minimum atomic E-state index is -0.216. The van der Waals surface area contributed by atoms with E-state index in [-0.39, 0.29) is 12.5 Å². The van der Waals surface area contributed by atoms with Crippen molar-refractivity contribution >= 4 is 18.0 Å².